The van der Waals surface area contributed by atoms with Crippen LogP contribution in [0.3, 0.4) is 0 Å². The van der Waals surface area contributed by atoms with Crippen LogP contribution in [0.15, 0.2) is 23.1 Å². The van der Waals surface area contributed by atoms with Crippen molar-refractivity contribution in [3.63, 3.8) is 0 Å². The first-order chi connectivity index (χ1) is 8.93. The second kappa shape index (κ2) is 5.58. The molecular formula is C13H20N2O3S. The predicted octanol–water partition coefficient (Wildman–Crippen LogP) is 0.334. The van der Waals surface area contributed by atoms with E-state index in [9.17, 15) is 13.5 Å². The molecule has 0 spiro atoms. The van der Waals surface area contributed by atoms with E-state index in [2.05, 4.69) is 5.32 Å². The Morgan fingerprint density at radius 1 is 1.47 bits per heavy atom. The number of rotatable bonds is 4. The smallest absolute Gasteiger partial charge is 0.243 e. The third-order valence-corrected chi connectivity index (χ3v) is 5.21. The lowest BCUT2D eigenvalue weighted by Gasteiger charge is -2.24. The topological polar surface area (TPSA) is 69.6 Å². The van der Waals surface area contributed by atoms with E-state index in [0.717, 1.165) is 17.7 Å². The number of sulfonamides is 1. The van der Waals surface area contributed by atoms with Crippen LogP contribution in [0.4, 0.5) is 0 Å². The number of hydrogen-bond acceptors (Lipinski definition) is 4. The summed E-state index contributed by atoms with van der Waals surface area (Å²) in [5.74, 6) is 0. The number of likely N-dealkylation sites (N-methyl/N-ethyl adjacent to an activating group) is 1. The lowest BCUT2D eigenvalue weighted by atomic mass is 10.0. The molecule has 1 aromatic rings. The maximum absolute atomic E-state index is 12.5. The zero-order chi connectivity index (χ0) is 14.0. The molecule has 0 saturated heterocycles. The Morgan fingerprint density at radius 2 is 2.21 bits per heavy atom. The van der Waals surface area contributed by atoms with E-state index in [1.54, 1.807) is 19.1 Å². The van der Waals surface area contributed by atoms with Crippen molar-refractivity contribution in [1.82, 2.24) is 9.62 Å². The molecule has 106 valence electrons. The average molecular weight is 284 g/mol. The molecule has 1 unspecified atom stereocenters. The molecule has 2 rings (SSSR count). The number of nitrogens with one attached hydrogen (secondary N) is 1. The van der Waals surface area contributed by atoms with Crippen LogP contribution in [0.5, 0.6) is 0 Å². The van der Waals surface area contributed by atoms with E-state index < -0.39 is 16.1 Å². The summed E-state index contributed by atoms with van der Waals surface area (Å²) in [5.41, 5.74) is 1.94. The highest BCUT2D eigenvalue weighted by molar-refractivity contribution is 7.89. The van der Waals surface area contributed by atoms with Gasteiger partial charge in [0.2, 0.25) is 10.0 Å². The van der Waals surface area contributed by atoms with Crippen LogP contribution < -0.4 is 5.32 Å². The molecule has 2 N–H and O–H groups in total. The van der Waals surface area contributed by atoms with Gasteiger partial charge in [-0.15, -0.1) is 0 Å². The summed E-state index contributed by atoms with van der Waals surface area (Å²) in [5, 5.41) is 12.6. The number of hydrogen-bond donors (Lipinski definition) is 2. The van der Waals surface area contributed by atoms with Crippen molar-refractivity contribution in [2.24, 2.45) is 0 Å². The summed E-state index contributed by atoms with van der Waals surface area (Å²) in [6.45, 7) is 3.18. The first-order valence-electron chi connectivity index (χ1n) is 6.39. The van der Waals surface area contributed by atoms with E-state index in [1.165, 1.54) is 11.4 Å². The van der Waals surface area contributed by atoms with Crippen molar-refractivity contribution in [3.8, 4) is 0 Å². The largest absolute Gasteiger partial charge is 0.392 e. The zero-order valence-corrected chi connectivity index (χ0v) is 12.1. The summed E-state index contributed by atoms with van der Waals surface area (Å²) in [6.07, 6.45) is 0.0359. The maximum Gasteiger partial charge on any atom is 0.243 e. The van der Waals surface area contributed by atoms with Gasteiger partial charge in [0, 0.05) is 20.1 Å². The third kappa shape index (κ3) is 2.97. The highest BCUT2D eigenvalue weighted by Crippen LogP contribution is 2.25. The summed E-state index contributed by atoms with van der Waals surface area (Å²) >= 11 is 0. The van der Waals surface area contributed by atoms with Crippen molar-refractivity contribution in [3.05, 3.63) is 29.3 Å². The summed E-state index contributed by atoms with van der Waals surface area (Å²) in [4.78, 5) is 0.370. The maximum atomic E-state index is 12.5. The van der Waals surface area contributed by atoms with Gasteiger partial charge in [-0.25, -0.2) is 8.42 Å². The fourth-order valence-electron chi connectivity index (χ4n) is 2.38. The first kappa shape index (κ1) is 14.5. The van der Waals surface area contributed by atoms with Crippen molar-refractivity contribution in [2.45, 2.75) is 30.9 Å². The van der Waals surface area contributed by atoms with E-state index in [0.29, 0.717) is 17.9 Å². The molecule has 19 heavy (non-hydrogen) atoms. The molecule has 0 aromatic heterocycles. The summed E-state index contributed by atoms with van der Waals surface area (Å²) in [6, 6.07) is 5.38. The number of nitrogens with zero attached hydrogens (tertiary/aromatic N) is 1. The monoisotopic (exact) mass is 284 g/mol. The Morgan fingerprint density at radius 3 is 2.89 bits per heavy atom. The van der Waals surface area contributed by atoms with Crippen LogP contribution in [-0.4, -0.2) is 44.1 Å². The molecule has 1 heterocycles. The molecule has 0 amide bonds. The number of fused-ring (bicyclic) bond motifs is 1. The number of aliphatic hydroxyl groups excluding tert-OH is 1. The van der Waals surface area contributed by atoms with Gasteiger partial charge in [-0.1, -0.05) is 12.1 Å². The minimum absolute atomic E-state index is 0.101. The molecule has 0 aliphatic carbocycles. The van der Waals surface area contributed by atoms with Crippen LogP contribution in [0.2, 0.25) is 0 Å². The van der Waals surface area contributed by atoms with Crippen molar-refractivity contribution in [2.75, 3.05) is 20.1 Å². The first-order valence-corrected chi connectivity index (χ1v) is 7.83. The molecule has 1 aliphatic heterocycles. The van der Waals surface area contributed by atoms with Gasteiger partial charge >= 0.3 is 0 Å². The molecule has 1 atom stereocenters. The molecule has 6 heteroatoms. The Balaban J connectivity index is 2.41. The molecule has 0 bridgehead atoms. The number of benzene rings is 1. The van der Waals surface area contributed by atoms with Gasteiger partial charge < -0.3 is 10.4 Å². The lowest BCUT2D eigenvalue weighted by Crippen LogP contribution is -2.34. The zero-order valence-electron chi connectivity index (χ0n) is 11.3. The standard InChI is InChI=1S/C13H20N2O3S/c1-10(16)9-15(2)19(17,18)13-5-3-4-11-8-14-7-6-12(11)13/h3-5,10,14,16H,6-9H2,1-2H3. The summed E-state index contributed by atoms with van der Waals surface area (Å²) in [7, 11) is -2.03. The minimum Gasteiger partial charge on any atom is -0.392 e. The molecule has 0 saturated carbocycles. The van der Waals surface area contributed by atoms with Gasteiger partial charge in [0.1, 0.15) is 0 Å². The Hall–Kier alpha value is -0.950. The van der Waals surface area contributed by atoms with Crippen LogP contribution in [0.1, 0.15) is 18.1 Å². The van der Waals surface area contributed by atoms with Crippen LogP contribution in [-0.2, 0) is 23.0 Å². The highest BCUT2D eigenvalue weighted by Gasteiger charge is 2.26. The SMILES string of the molecule is CC(O)CN(C)S(=O)(=O)c1cccc2c1CCNC2. The molecule has 5 nitrogen and oxygen atoms in total. The Kier molecular flexibility index (Phi) is 4.25. The predicted molar refractivity (Wildman–Crippen MR) is 73.3 cm³/mol. The van der Waals surface area contributed by atoms with Crippen LogP contribution in [0.25, 0.3) is 0 Å². The van der Waals surface area contributed by atoms with Crippen molar-refractivity contribution < 1.29 is 13.5 Å². The summed E-state index contributed by atoms with van der Waals surface area (Å²) < 4.78 is 26.3. The fraction of sp³-hybridized carbons (Fsp3) is 0.538. The lowest BCUT2D eigenvalue weighted by molar-refractivity contribution is 0.171. The molecule has 0 radical (unpaired) electrons. The van der Waals surface area contributed by atoms with Crippen molar-refractivity contribution >= 4 is 10.0 Å². The minimum atomic E-state index is -3.53. The van der Waals surface area contributed by atoms with E-state index in [4.69, 9.17) is 0 Å². The quantitative estimate of drug-likeness (QED) is 0.836. The molecule has 1 aliphatic rings. The van der Waals surface area contributed by atoms with Gasteiger partial charge in [0.05, 0.1) is 11.0 Å². The van der Waals surface area contributed by atoms with E-state index in [1.807, 2.05) is 6.07 Å². The van der Waals surface area contributed by atoms with Gasteiger partial charge in [0.25, 0.3) is 0 Å². The average Bonchev–Trinajstić information content (AvgIpc) is 2.37. The van der Waals surface area contributed by atoms with Gasteiger partial charge in [-0.3, -0.25) is 0 Å². The third-order valence-electron chi connectivity index (χ3n) is 3.31. The van der Waals surface area contributed by atoms with Crippen molar-refractivity contribution in [1.29, 1.82) is 0 Å². The second-order valence-electron chi connectivity index (χ2n) is 4.96. The Bertz CT molecular complexity index is 555. The second-order valence-corrected chi connectivity index (χ2v) is 6.97. The normalized spacial score (nSPS) is 17.3. The van der Waals surface area contributed by atoms with Gasteiger partial charge in [-0.2, -0.15) is 4.31 Å². The Labute approximate surface area is 114 Å². The van der Waals surface area contributed by atoms with Gasteiger partial charge in [0.15, 0.2) is 0 Å². The van der Waals surface area contributed by atoms with Crippen LogP contribution in [0, 0.1) is 0 Å². The molecule has 1 aromatic carbocycles. The number of aliphatic hydroxyl groups is 1. The fourth-order valence-corrected chi connectivity index (χ4v) is 3.92. The van der Waals surface area contributed by atoms with E-state index in [-0.39, 0.29) is 6.54 Å². The van der Waals surface area contributed by atoms with E-state index >= 15 is 0 Å². The molecular weight excluding hydrogens is 264 g/mol. The van der Waals surface area contributed by atoms with Gasteiger partial charge in [-0.05, 0) is 37.1 Å². The van der Waals surface area contributed by atoms with Crippen LogP contribution >= 0.6 is 0 Å². The molecule has 0 fully saturated rings. The highest BCUT2D eigenvalue weighted by atomic mass is 32.2.